The highest BCUT2D eigenvalue weighted by atomic mass is 16.4. The van der Waals surface area contributed by atoms with Gasteiger partial charge in [-0.25, -0.2) is 4.79 Å². The topological polar surface area (TPSA) is 69.6 Å². The Labute approximate surface area is 58.9 Å². The summed E-state index contributed by atoms with van der Waals surface area (Å²) >= 11 is 0. The molecular weight excluding hydrogens is 134 g/mol. The van der Waals surface area contributed by atoms with Crippen LogP contribution in [0.1, 0.15) is 6.42 Å². The van der Waals surface area contributed by atoms with Crippen molar-refractivity contribution >= 4 is 5.97 Å². The van der Waals surface area contributed by atoms with E-state index in [0.717, 1.165) is 13.0 Å². The van der Waals surface area contributed by atoms with E-state index in [0.29, 0.717) is 6.54 Å². The lowest BCUT2D eigenvalue weighted by Gasteiger charge is -2.10. The molecular formula is C6H11NO3. The Kier molecular flexibility index (Phi) is 2.24. The third-order valence-corrected chi connectivity index (χ3v) is 1.80. The Morgan fingerprint density at radius 2 is 2.40 bits per heavy atom. The molecule has 1 fully saturated rings. The summed E-state index contributed by atoms with van der Waals surface area (Å²) < 4.78 is 0. The van der Waals surface area contributed by atoms with E-state index in [4.69, 9.17) is 10.2 Å². The molecule has 0 radical (unpaired) electrons. The molecule has 2 atom stereocenters. The van der Waals surface area contributed by atoms with Gasteiger partial charge in [0, 0.05) is 12.5 Å². The van der Waals surface area contributed by atoms with E-state index in [9.17, 15) is 4.79 Å². The summed E-state index contributed by atoms with van der Waals surface area (Å²) in [7, 11) is 0. The number of aliphatic hydroxyl groups excluding tert-OH is 1. The van der Waals surface area contributed by atoms with Gasteiger partial charge >= 0.3 is 5.97 Å². The molecule has 4 nitrogen and oxygen atoms in total. The van der Waals surface area contributed by atoms with Crippen molar-refractivity contribution in [3.63, 3.8) is 0 Å². The van der Waals surface area contributed by atoms with Crippen LogP contribution in [0.25, 0.3) is 0 Å². The molecule has 0 spiro atoms. The highest BCUT2D eigenvalue weighted by molar-refractivity contribution is 5.72. The number of aliphatic carboxylic acids is 1. The molecule has 0 aromatic rings. The maximum Gasteiger partial charge on any atom is 0.332 e. The Bertz CT molecular complexity index is 131. The maximum absolute atomic E-state index is 10.2. The monoisotopic (exact) mass is 145 g/mol. The minimum absolute atomic E-state index is 0.0995. The van der Waals surface area contributed by atoms with Crippen molar-refractivity contribution in [3.8, 4) is 0 Å². The van der Waals surface area contributed by atoms with Gasteiger partial charge in [0.2, 0.25) is 0 Å². The second-order valence-corrected chi connectivity index (χ2v) is 2.54. The molecule has 58 valence electrons. The Hall–Kier alpha value is -0.610. The third-order valence-electron chi connectivity index (χ3n) is 1.80. The normalized spacial score (nSPS) is 28.3. The standard InChI is InChI=1S/C6H11NO3/c8-5(6(9)10)4-1-2-7-3-4/h4-5,7-8H,1-3H2,(H,9,10). The van der Waals surface area contributed by atoms with E-state index in [1.807, 2.05) is 0 Å². The quantitative estimate of drug-likeness (QED) is 0.468. The lowest BCUT2D eigenvalue weighted by atomic mass is 10.0. The molecule has 0 aromatic heterocycles. The Balaban J connectivity index is 2.39. The molecule has 0 bridgehead atoms. The van der Waals surface area contributed by atoms with Gasteiger partial charge in [-0.15, -0.1) is 0 Å². The largest absolute Gasteiger partial charge is 0.479 e. The lowest BCUT2D eigenvalue weighted by molar-refractivity contribution is -0.149. The Morgan fingerprint density at radius 1 is 1.70 bits per heavy atom. The maximum atomic E-state index is 10.2. The SMILES string of the molecule is O=C(O)C(O)C1CCNC1. The van der Waals surface area contributed by atoms with Gasteiger partial charge in [0.05, 0.1) is 0 Å². The first kappa shape index (κ1) is 7.50. The van der Waals surface area contributed by atoms with Gasteiger partial charge in [0.25, 0.3) is 0 Å². The number of carboxylic acids is 1. The second-order valence-electron chi connectivity index (χ2n) is 2.54. The second kappa shape index (κ2) is 2.98. The average Bonchev–Trinajstić information content (AvgIpc) is 2.36. The summed E-state index contributed by atoms with van der Waals surface area (Å²) in [6.45, 7) is 1.43. The molecule has 1 heterocycles. The van der Waals surface area contributed by atoms with Gasteiger partial charge in [-0.2, -0.15) is 0 Å². The van der Waals surface area contributed by atoms with Crippen LogP contribution in [-0.2, 0) is 4.79 Å². The minimum Gasteiger partial charge on any atom is -0.479 e. The van der Waals surface area contributed by atoms with Crippen LogP contribution in [0.15, 0.2) is 0 Å². The van der Waals surface area contributed by atoms with Gasteiger partial charge in [-0.1, -0.05) is 0 Å². The van der Waals surface area contributed by atoms with E-state index >= 15 is 0 Å². The predicted octanol–water partition coefficient (Wildman–Crippen LogP) is -0.959. The number of aliphatic hydroxyl groups is 1. The highest BCUT2D eigenvalue weighted by Crippen LogP contribution is 2.12. The fourth-order valence-corrected chi connectivity index (χ4v) is 1.15. The smallest absolute Gasteiger partial charge is 0.332 e. The summed E-state index contributed by atoms with van der Waals surface area (Å²) in [5, 5.41) is 20.3. The molecule has 2 unspecified atom stereocenters. The first-order chi connectivity index (χ1) is 4.72. The van der Waals surface area contributed by atoms with Gasteiger partial charge in [0.15, 0.2) is 6.10 Å². The molecule has 10 heavy (non-hydrogen) atoms. The number of rotatable bonds is 2. The molecule has 0 amide bonds. The number of hydrogen-bond acceptors (Lipinski definition) is 3. The fourth-order valence-electron chi connectivity index (χ4n) is 1.15. The molecule has 1 aliphatic heterocycles. The van der Waals surface area contributed by atoms with Gasteiger partial charge in [-0.3, -0.25) is 0 Å². The summed E-state index contributed by atoms with van der Waals surface area (Å²) in [4.78, 5) is 10.2. The zero-order chi connectivity index (χ0) is 7.56. The van der Waals surface area contributed by atoms with E-state index < -0.39 is 12.1 Å². The van der Waals surface area contributed by atoms with Crippen LogP contribution in [0, 0.1) is 5.92 Å². The van der Waals surface area contributed by atoms with Crippen LogP contribution in [0.2, 0.25) is 0 Å². The van der Waals surface area contributed by atoms with Crippen molar-refractivity contribution < 1.29 is 15.0 Å². The van der Waals surface area contributed by atoms with Crippen molar-refractivity contribution in [2.75, 3.05) is 13.1 Å². The molecule has 1 saturated heterocycles. The zero-order valence-electron chi connectivity index (χ0n) is 5.58. The zero-order valence-corrected chi connectivity index (χ0v) is 5.58. The average molecular weight is 145 g/mol. The summed E-state index contributed by atoms with van der Waals surface area (Å²) in [6.07, 6.45) is -0.428. The fraction of sp³-hybridized carbons (Fsp3) is 0.833. The number of carboxylic acid groups (broad SMARTS) is 1. The van der Waals surface area contributed by atoms with Crippen molar-refractivity contribution in [2.24, 2.45) is 5.92 Å². The molecule has 0 aromatic carbocycles. The van der Waals surface area contributed by atoms with Crippen molar-refractivity contribution in [3.05, 3.63) is 0 Å². The van der Waals surface area contributed by atoms with E-state index in [1.165, 1.54) is 0 Å². The molecule has 3 N–H and O–H groups in total. The Morgan fingerprint density at radius 3 is 2.80 bits per heavy atom. The molecule has 0 aliphatic carbocycles. The van der Waals surface area contributed by atoms with E-state index in [-0.39, 0.29) is 5.92 Å². The molecule has 1 aliphatic rings. The summed E-state index contributed by atoms with van der Waals surface area (Å²) in [6, 6.07) is 0. The van der Waals surface area contributed by atoms with Crippen LogP contribution in [0.5, 0.6) is 0 Å². The highest BCUT2D eigenvalue weighted by Gasteiger charge is 2.27. The molecule has 1 rings (SSSR count). The molecule has 4 heteroatoms. The summed E-state index contributed by atoms with van der Waals surface area (Å²) in [5.74, 6) is -1.22. The third kappa shape index (κ3) is 1.46. The van der Waals surface area contributed by atoms with Gasteiger partial charge < -0.3 is 15.5 Å². The van der Waals surface area contributed by atoms with Crippen LogP contribution >= 0.6 is 0 Å². The first-order valence-corrected chi connectivity index (χ1v) is 3.33. The van der Waals surface area contributed by atoms with E-state index in [2.05, 4.69) is 5.32 Å². The van der Waals surface area contributed by atoms with Crippen LogP contribution in [-0.4, -0.2) is 35.4 Å². The number of hydrogen-bond donors (Lipinski definition) is 3. The van der Waals surface area contributed by atoms with Crippen molar-refractivity contribution in [1.82, 2.24) is 5.32 Å². The molecule has 0 saturated carbocycles. The van der Waals surface area contributed by atoms with Crippen molar-refractivity contribution in [1.29, 1.82) is 0 Å². The van der Waals surface area contributed by atoms with Crippen LogP contribution < -0.4 is 5.32 Å². The number of nitrogens with one attached hydrogen (secondary N) is 1. The van der Waals surface area contributed by atoms with Crippen LogP contribution in [0.3, 0.4) is 0 Å². The van der Waals surface area contributed by atoms with E-state index in [1.54, 1.807) is 0 Å². The van der Waals surface area contributed by atoms with Gasteiger partial charge in [-0.05, 0) is 13.0 Å². The van der Waals surface area contributed by atoms with Gasteiger partial charge in [0.1, 0.15) is 0 Å². The number of carbonyl (C=O) groups is 1. The predicted molar refractivity (Wildman–Crippen MR) is 34.6 cm³/mol. The first-order valence-electron chi connectivity index (χ1n) is 3.33. The summed E-state index contributed by atoms with van der Waals surface area (Å²) in [5.41, 5.74) is 0. The lowest BCUT2D eigenvalue weighted by Crippen LogP contribution is -2.30. The minimum atomic E-state index is -1.19. The van der Waals surface area contributed by atoms with Crippen molar-refractivity contribution in [2.45, 2.75) is 12.5 Å². The van der Waals surface area contributed by atoms with Crippen LogP contribution in [0.4, 0.5) is 0 Å².